The molecule has 0 saturated heterocycles. The number of aliphatic carboxylic acids is 1. The van der Waals surface area contributed by atoms with Gasteiger partial charge in [0.15, 0.2) is 0 Å². The van der Waals surface area contributed by atoms with Crippen molar-refractivity contribution in [2.75, 3.05) is 5.32 Å². The van der Waals surface area contributed by atoms with Crippen LogP contribution in [-0.4, -0.2) is 17.0 Å². The second-order valence-electron chi connectivity index (χ2n) is 3.47. The van der Waals surface area contributed by atoms with E-state index >= 15 is 0 Å². The van der Waals surface area contributed by atoms with Crippen LogP contribution >= 0.6 is 22.9 Å². The van der Waals surface area contributed by atoms with Crippen LogP contribution in [0.1, 0.15) is 12.8 Å². The van der Waals surface area contributed by atoms with E-state index in [0.29, 0.717) is 22.9 Å². The Bertz CT molecular complexity index is 425. The van der Waals surface area contributed by atoms with Gasteiger partial charge in [-0.3, -0.25) is 9.59 Å². The van der Waals surface area contributed by atoms with Crippen molar-refractivity contribution in [3.63, 3.8) is 0 Å². The van der Waals surface area contributed by atoms with Crippen molar-refractivity contribution in [2.24, 2.45) is 5.41 Å². The first-order valence-electron chi connectivity index (χ1n) is 4.33. The number of carbonyl (C=O) groups excluding carboxylic acids is 1. The summed E-state index contributed by atoms with van der Waals surface area (Å²) >= 11 is 6.96. The van der Waals surface area contributed by atoms with E-state index < -0.39 is 17.3 Å². The van der Waals surface area contributed by atoms with Crippen LogP contribution in [0.3, 0.4) is 0 Å². The minimum absolute atomic E-state index is 0.410. The van der Waals surface area contributed by atoms with Crippen LogP contribution < -0.4 is 5.32 Å². The third-order valence-electron chi connectivity index (χ3n) is 2.40. The Kier molecular flexibility index (Phi) is 2.44. The van der Waals surface area contributed by atoms with E-state index in [-0.39, 0.29) is 0 Å². The number of hydrogen-bond acceptors (Lipinski definition) is 3. The van der Waals surface area contributed by atoms with Crippen molar-refractivity contribution in [3.8, 4) is 0 Å². The number of carboxylic acid groups (broad SMARTS) is 1. The minimum atomic E-state index is -1.20. The highest BCUT2D eigenvalue weighted by Gasteiger charge is 2.57. The summed E-state index contributed by atoms with van der Waals surface area (Å²) in [6.07, 6.45) is 0.820. The molecule has 1 aromatic rings. The van der Waals surface area contributed by atoms with Crippen molar-refractivity contribution in [2.45, 2.75) is 12.8 Å². The van der Waals surface area contributed by atoms with Gasteiger partial charge < -0.3 is 10.4 Å². The largest absolute Gasteiger partial charge is 0.480 e. The first-order valence-corrected chi connectivity index (χ1v) is 5.59. The Morgan fingerprint density at radius 2 is 2.20 bits per heavy atom. The quantitative estimate of drug-likeness (QED) is 0.803. The van der Waals surface area contributed by atoms with Crippen LogP contribution in [-0.2, 0) is 9.59 Å². The van der Waals surface area contributed by atoms with Crippen molar-refractivity contribution in [1.29, 1.82) is 0 Å². The molecule has 0 atom stereocenters. The third kappa shape index (κ3) is 1.85. The Labute approximate surface area is 94.9 Å². The molecule has 1 fully saturated rings. The van der Waals surface area contributed by atoms with E-state index in [1.54, 1.807) is 11.4 Å². The Morgan fingerprint density at radius 1 is 1.53 bits per heavy atom. The molecule has 0 bridgehead atoms. The summed E-state index contributed by atoms with van der Waals surface area (Å²) in [4.78, 5) is 22.5. The fraction of sp³-hybridized carbons (Fsp3) is 0.333. The van der Waals surface area contributed by atoms with Crippen LogP contribution in [0.15, 0.2) is 11.4 Å². The molecular weight excluding hydrogens is 238 g/mol. The topological polar surface area (TPSA) is 66.4 Å². The second kappa shape index (κ2) is 3.50. The smallest absolute Gasteiger partial charge is 0.319 e. The molecule has 0 spiro atoms. The van der Waals surface area contributed by atoms with Crippen molar-refractivity contribution in [1.82, 2.24) is 0 Å². The minimum Gasteiger partial charge on any atom is -0.480 e. The monoisotopic (exact) mass is 245 g/mol. The van der Waals surface area contributed by atoms with Gasteiger partial charge in [0, 0.05) is 5.38 Å². The highest BCUT2D eigenvalue weighted by molar-refractivity contribution is 7.14. The van der Waals surface area contributed by atoms with Crippen LogP contribution in [0.4, 0.5) is 5.00 Å². The fourth-order valence-corrected chi connectivity index (χ4v) is 2.23. The van der Waals surface area contributed by atoms with Crippen LogP contribution in [0.5, 0.6) is 0 Å². The molecule has 15 heavy (non-hydrogen) atoms. The number of hydrogen-bond donors (Lipinski definition) is 2. The molecule has 0 radical (unpaired) electrons. The molecule has 1 aliphatic rings. The van der Waals surface area contributed by atoms with Crippen molar-refractivity contribution in [3.05, 3.63) is 16.5 Å². The third-order valence-corrected chi connectivity index (χ3v) is 3.59. The van der Waals surface area contributed by atoms with Gasteiger partial charge in [-0.2, -0.15) is 0 Å². The molecule has 1 saturated carbocycles. The summed E-state index contributed by atoms with van der Waals surface area (Å²) in [5.41, 5.74) is -1.20. The van der Waals surface area contributed by atoms with E-state index in [2.05, 4.69) is 5.32 Å². The molecule has 0 aromatic carbocycles. The fourth-order valence-electron chi connectivity index (χ4n) is 1.27. The average Bonchev–Trinajstić information content (AvgIpc) is 2.88. The number of halogens is 1. The average molecular weight is 246 g/mol. The first-order chi connectivity index (χ1) is 7.04. The molecule has 1 aromatic heterocycles. The van der Waals surface area contributed by atoms with E-state index in [9.17, 15) is 9.59 Å². The molecule has 4 nitrogen and oxygen atoms in total. The zero-order valence-corrected chi connectivity index (χ0v) is 9.19. The number of rotatable bonds is 3. The summed E-state index contributed by atoms with van der Waals surface area (Å²) in [6, 6.07) is 1.60. The van der Waals surface area contributed by atoms with Crippen molar-refractivity contribution < 1.29 is 14.7 Å². The predicted molar refractivity (Wildman–Crippen MR) is 57.3 cm³/mol. The number of carboxylic acids is 1. The van der Waals surface area contributed by atoms with E-state index in [1.807, 2.05) is 0 Å². The molecule has 2 N–H and O–H groups in total. The molecule has 6 heteroatoms. The standard InChI is InChI=1S/C9H8ClNO3S/c10-5-3-6(15-4-5)11-7(12)9(1-2-9)8(13)14/h3-4H,1-2H2,(H,11,12)(H,13,14). The zero-order valence-electron chi connectivity index (χ0n) is 7.62. The van der Waals surface area contributed by atoms with Gasteiger partial charge in [0.05, 0.1) is 10.0 Å². The molecule has 2 rings (SSSR count). The number of thiophene rings is 1. The first kappa shape index (κ1) is 10.4. The van der Waals surface area contributed by atoms with Crippen LogP contribution in [0.2, 0.25) is 5.02 Å². The predicted octanol–water partition coefficient (Wildman–Crippen LogP) is 2.20. The van der Waals surface area contributed by atoms with Crippen LogP contribution in [0, 0.1) is 5.41 Å². The zero-order chi connectivity index (χ0) is 11.1. The normalized spacial score (nSPS) is 17.1. The lowest BCUT2D eigenvalue weighted by molar-refractivity contribution is -0.147. The number of nitrogens with one attached hydrogen (secondary N) is 1. The highest BCUT2D eigenvalue weighted by atomic mass is 35.5. The van der Waals surface area contributed by atoms with Gasteiger partial charge in [0.1, 0.15) is 5.41 Å². The summed E-state index contributed by atoms with van der Waals surface area (Å²) in [6.45, 7) is 0. The summed E-state index contributed by atoms with van der Waals surface area (Å²) in [7, 11) is 0. The molecule has 1 heterocycles. The lowest BCUT2D eigenvalue weighted by atomic mass is 10.1. The maximum Gasteiger partial charge on any atom is 0.319 e. The molecule has 1 aliphatic carbocycles. The highest BCUT2D eigenvalue weighted by Crippen LogP contribution is 2.47. The lowest BCUT2D eigenvalue weighted by Crippen LogP contribution is -2.30. The maximum atomic E-state index is 11.6. The molecule has 1 amide bonds. The molecular formula is C9H8ClNO3S. The van der Waals surface area contributed by atoms with E-state index in [4.69, 9.17) is 16.7 Å². The number of anilines is 1. The van der Waals surface area contributed by atoms with Gasteiger partial charge >= 0.3 is 5.97 Å². The van der Waals surface area contributed by atoms with Gasteiger partial charge in [-0.05, 0) is 18.9 Å². The maximum absolute atomic E-state index is 11.6. The van der Waals surface area contributed by atoms with Crippen LogP contribution in [0.25, 0.3) is 0 Å². The summed E-state index contributed by atoms with van der Waals surface area (Å²) in [5, 5.41) is 14.2. The Morgan fingerprint density at radius 3 is 2.60 bits per heavy atom. The van der Waals surface area contributed by atoms with E-state index in [1.165, 1.54) is 11.3 Å². The summed E-state index contributed by atoms with van der Waals surface area (Å²) < 4.78 is 0. The molecule has 0 unspecified atom stereocenters. The van der Waals surface area contributed by atoms with Gasteiger partial charge in [0.2, 0.25) is 5.91 Å². The number of carbonyl (C=O) groups is 2. The molecule has 0 aliphatic heterocycles. The van der Waals surface area contributed by atoms with E-state index in [0.717, 1.165) is 0 Å². The van der Waals surface area contributed by atoms with Gasteiger partial charge in [-0.25, -0.2) is 0 Å². The summed E-state index contributed by atoms with van der Waals surface area (Å²) in [5.74, 6) is -1.50. The molecule has 80 valence electrons. The van der Waals surface area contributed by atoms with Gasteiger partial charge in [0.25, 0.3) is 0 Å². The van der Waals surface area contributed by atoms with Crippen molar-refractivity contribution >= 4 is 39.8 Å². The van der Waals surface area contributed by atoms with Gasteiger partial charge in [-0.1, -0.05) is 11.6 Å². The SMILES string of the molecule is O=C(O)C1(C(=O)Nc2cc(Cl)cs2)CC1. The Balaban J connectivity index is 2.08. The second-order valence-corrected chi connectivity index (χ2v) is 4.82. The number of amides is 1. The van der Waals surface area contributed by atoms with Gasteiger partial charge in [-0.15, -0.1) is 11.3 Å². The Hall–Kier alpha value is -1.07. The lowest BCUT2D eigenvalue weighted by Gasteiger charge is -2.08.